The summed E-state index contributed by atoms with van der Waals surface area (Å²) in [6.07, 6.45) is 2.27. The van der Waals surface area contributed by atoms with E-state index in [-0.39, 0.29) is 6.10 Å². The first kappa shape index (κ1) is 11.9. The molecule has 18 heavy (non-hydrogen) atoms. The Morgan fingerprint density at radius 2 is 2.06 bits per heavy atom. The zero-order chi connectivity index (χ0) is 12.5. The van der Waals surface area contributed by atoms with E-state index in [4.69, 9.17) is 4.74 Å². The van der Waals surface area contributed by atoms with Gasteiger partial charge >= 0.3 is 0 Å². The Labute approximate surface area is 107 Å². The van der Waals surface area contributed by atoms with Gasteiger partial charge in [0.25, 0.3) is 0 Å². The summed E-state index contributed by atoms with van der Waals surface area (Å²) in [5.74, 6) is 1.68. The Bertz CT molecular complexity index is 391. The van der Waals surface area contributed by atoms with Gasteiger partial charge in [0, 0.05) is 31.8 Å². The normalized spacial score (nSPS) is 33.0. The van der Waals surface area contributed by atoms with E-state index in [2.05, 4.69) is 39.2 Å². The Morgan fingerprint density at radius 3 is 2.72 bits per heavy atom. The molecule has 1 aromatic rings. The predicted molar refractivity (Wildman–Crippen MR) is 68.6 cm³/mol. The highest BCUT2D eigenvalue weighted by Crippen LogP contribution is 2.26. The van der Waals surface area contributed by atoms with Gasteiger partial charge in [-0.25, -0.2) is 0 Å². The molecule has 0 radical (unpaired) electrons. The third kappa shape index (κ3) is 2.35. The Morgan fingerprint density at radius 1 is 1.28 bits per heavy atom. The monoisotopic (exact) mass is 251 g/mol. The van der Waals surface area contributed by atoms with E-state index in [1.807, 2.05) is 0 Å². The largest absolute Gasteiger partial charge is 0.370 e. The summed E-state index contributed by atoms with van der Waals surface area (Å²) in [5, 5.41) is 10.9. The zero-order valence-electron chi connectivity index (χ0n) is 11.0. The van der Waals surface area contributed by atoms with Gasteiger partial charge < -0.3 is 15.0 Å². The van der Waals surface area contributed by atoms with Gasteiger partial charge in [-0.3, -0.25) is 5.10 Å². The quantitative estimate of drug-likeness (QED) is 0.815. The van der Waals surface area contributed by atoms with E-state index >= 15 is 0 Å². The minimum absolute atomic E-state index is 0.115. The van der Waals surface area contributed by atoms with Crippen molar-refractivity contribution in [3.63, 3.8) is 0 Å². The number of piperazine rings is 1. The van der Waals surface area contributed by atoms with Gasteiger partial charge in [0.1, 0.15) is 6.10 Å². The molecular formula is C12H21N5O. The average Bonchev–Trinajstić information content (AvgIpc) is 2.99. The van der Waals surface area contributed by atoms with E-state index in [0.29, 0.717) is 12.1 Å². The first-order valence-electron chi connectivity index (χ1n) is 6.77. The average molecular weight is 251 g/mol. The fourth-order valence-corrected chi connectivity index (χ4v) is 2.83. The van der Waals surface area contributed by atoms with Crippen LogP contribution < -0.4 is 10.2 Å². The van der Waals surface area contributed by atoms with Crippen LogP contribution in [0, 0.1) is 0 Å². The number of nitrogens with one attached hydrogen (secondary N) is 2. The molecule has 0 spiro atoms. The molecule has 3 unspecified atom stereocenters. The predicted octanol–water partition coefficient (Wildman–Crippen LogP) is 0.843. The number of hydrogen-bond donors (Lipinski definition) is 2. The molecule has 0 amide bonds. The molecule has 1 aromatic heterocycles. The molecule has 0 aromatic carbocycles. The molecule has 3 atom stereocenters. The third-order valence-electron chi connectivity index (χ3n) is 3.57. The molecular weight excluding hydrogens is 230 g/mol. The zero-order valence-corrected chi connectivity index (χ0v) is 11.0. The molecule has 3 rings (SSSR count). The van der Waals surface area contributed by atoms with Crippen molar-refractivity contribution in [3.8, 4) is 0 Å². The van der Waals surface area contributed by atoms with Crippen LogP contribution in [-0.2, 0) is 4.74 Å². The van der Waals surface area contributed by atoms with Crippen molar-refractivity contribution in [1.29, 1.82) is 0 Å². The van der Waals surface area contributed by atoms with Crippen molar-refractivity contribution in [2.24, 2.45) is 0 Å². The van der Waals surface area contributed by atoms with Crippen LogP contribution in [0.25, 0.3) is 0 Å². The summed E-state index contributed by atoms with van der Waals surface area (Å²) in [6, 6.07) is 0.942. The minimum Gasteiger partial charge on any atom is -0.370 e. The van der Waals surface area contributed by atoms with Gasteiger partial charge in [0.05, 0.1) is 0 Å². The lowest BCUT2D eigenvalue weighted by atomic mass is 10.1. The molecule has 2 N–H and O–H groups in total. The van der Waals surface area contributed by atoms with Gasteiger partial charge in [-0.1, -0.05) is 0 Å². The number of anilines is 1. The summed E-state index contributed by atoms with van der Waals surface area (Å²) in [5.41, 5.74) is 0. The topological polar surface area (TPSA) is 66.1 Å². The van der Waals surface area contributed by atoms with Crippen molar-refractivity contribution < 1.29 is 4.74 Å². The van der Waals surface area contributed by atoms with Crippen LogP contribution in [0.3, 0.4) is 0 Å². The number of aromatic amines is 1. The fourth-order valence-electron chi connectivity index (χ4n) is 2.83. The number of hydrogen-bond acceptors (Lipinski definition) is 5. The van der Waals surface area contributed by atoms with Gasteiger partial charge in [-0.05, 0) is 26.7 Å². The maximum Gasteiger partial charge on any atom is 0.244 e. The highest BCUT2D eigenvalue weighted by atomic mass is 16.5. The first-order chi connectivity index (χ1) is 8.72. The van der Waals surface area contributed by atoms with Crippen LogP contribution in [-0.4, -0.2) is 47.0 Å². The minimum atomic E-state index is 0.115. The van der Waals surface area contributed by atoms with Crippen molar-refractivity contribution in [2.45, 2.75) is 44.9 Å². The van der Waals surface area contributed by atoms with Crippen LogP contribution in [0.1, 0.15) is 38.6 Å². The third-order valence-corrected chi connectivity index (χ3v) is 3.57. The standard InChI is InChI=1S/C12H21N5O/c1-8-6-17(7-9(2)13-8)12-14-11(15-16-12)10-4-3-5-18-10/h8-10,13H,3-7H2,1-2H3,(H,14,15,16). The van der Waals surface area contributed by atoms with Crippen molar-refractivity contribution in [1.82, 2.24) is 20.5 Å². The highest BCUT2D eigenvalue weighted by molar-refractivity contribution is 5.31. The van der Waals surface area contributed by atoms with E-state index in [1.165, 1.54) is 0 Å². The van der Waals surface area contributed by atoms with Crippen molar-refractivity contribution >= 4 is 5.95 Å². The van der Waals surface area contributed by atoms with Crippen LogP contribution in [0.2, 0.25) is 0 Å². The lowest BCUT2D eigenvalue weighted by Crippen LogP contribution is -2.54. The maximum absolute atomic E-state index is 5.62. The molecule has 0 saturated carbocycles. The van der Waals surface area contributed by atoms with Gasteiger partial charge in [0.2, 0.25) is 5.95 Å². The Balaban J connectivity index is 1.72. The molecule has 2 aliphatic heterocycles. The van der Waals surface area contributed by atoms with E-state index in [1.54, 1.807) is 0 Å². The summed E-state index contributed by atoms with van der Waals surface area (Å²) in [4.78, 5) is 6.83. The molecule has 100 valence electrons. The van der Waals surface area contributed by atoms with Crippen molar-refractivity contribution in [2.75, 3.05) is 24.6 Å². The summed E-state index contributed by atoms with van der Waals surface area (Å²) < 4.78 is 5.62. The Kier molecular flexibility index (Phi) is 3.22. The second kappa shape index (κ2) is 4.85. The molecule has 0 bridgehead atoms. The number of aromatic nitrogens is 3. The van der Waals surface area contributed by atoms with E-state index < -0.39 is 0 Å². The van der Waals surface area contributed by atoms with Crippen LogP contribution in [0.5, 0.6) is 0 Å². The number of ether oxygens (including phenoxy) is 1. The second-order valence-corrected chi connectivity index (χ2v) is 5.40. The molecule has 2 aliphatic rings. The SMILES string of the molecule is CC1CN(c2n[nH]c(C3CCCO3)n2)CC(C)N1. The summed E-state index contributed by atoms with van der Waals surface area (Å²) >= 11 is 0. The maximum atomic E-state index is 5.62. The lowest BCUT2D eigenvalue weighted by molar-refractivity contribution is 0.105. The van der Waals surface area contributed by atoms with Crippen LogP contribution in [0.15, 0.2) is 0 Å². The van der Waals surface area contributed by atoms with Crippen molar-refractivity contribution in [3.05, 3.63) is 5.82 Å². The number of nitrogens with zero attached hydrogens (tertiary/aromatic N) is 3. The molecule has 6 heteroatoms. The molecule has 2 fully saturated rings. The lowest BCUT2D eigenvalue weighted by Gasteiger charge is -2.35. The number of rotatable bonds is 2. The second-order valence-electron chi connectivity index (χ2n) is 5.40. The van der Waals surface area contributed by atoms with E-state index in [9.17, 15) is 0 Å². The summed E-state index contributed by atoms with van der Waals surface area (Å²) in [7, 11) is 0. The van der Waals surface area contributed by atoms with E-state index in [0.717, 1.165) is 44.3 Å². The molecule has 6 nitrogen and oxygen atoms in total. The smallest absolute Gasteiger partial charge is 0.244 e. The highest BCUT2D eigenvalue weighted by Gasteiger charge is 2.26. The first-order valence-corrected chi connectivity index (χ1v) is 6.77. The van der Waals surface area contributed by atoms with Crippen LogP contribution in [0.4, 0.5) is 5.95 Å². The molecule has 0 aliphatic carbocycles. The van der Waals surface area contributed by atoms with Crippen LogP contribution >= 0.6 is 0 Å². The van der Waals surface area contributed by atoms with Gasteiger partial charge in [-0.2, -0.15) is 4.98 Å². The number of H-pyrrole nitrogens is 1. The molecule has 3 heterocycles. The summed E-state index contributed by atoms with van der Waals surface area (Å²) in [6.45, 7) is 7.12. The van der Waals surface area contributed by atoms with Gasteiger partial charge in [-0.15, -0.1) is 5.10 Å². The van der Waals surface area contributed by atoms with Gasteiger partial charge in [0.15, 0.2) is 5.82 Å². The fraction of sp³-hybridized carbons (Fsp3) is 0.833. The molecule has 2 saturated heterocycles. The Hall–Kier alpha value is -1.14.